The van der Waals surface area contributed by atoms with Crippen LogP contribution < -0.4 is 16.6 Å². The minimum absolute atomic E-state index is 0.00198. The molecule has 0 fully saturated rings. The Kier molecular flexibility index (Phi) is 3.41. The third kappa shape index (κ3) is 2.52. The number of aromatic nitrogens is 4. The molecular weight excluding hydrogens is 372 g/mol. The van der Waals surface area contributed by atoms with Gasteiger partial charge in [-0.2, -0.15) is 0 Å². The van der Waals surface area contributed by atoms with Crippen molar-refractivity contribution in [2.75, 3.05) is 5.73 Å². The van der Waals surface area contributed by atoms with E-state index in [2.05, 4.69) is 15.3 Å². The largest absolute Gasteiger partial charge is 0.384 e. The molecule has 9 heteroatoms. The number of hydrogen-bond donors (Lipinski definition) is 2. The highest BCUT2D eigenvalue weighted by Crippen LogP contribution is 2.25. The van der Waals surface area contributed by atoms with Crippen LogP contribution in [-0.4, -0.2) is 30.8 Å². The van der Waals surface area contributed by atoms with Crippen LogP contribution in [0.3, 0.4) is 0 Å². The Hall–Kier alpha value is -4.27. The normalized spacial score (nSPS) is 13.0. The number of imide groups is 1. The second-order valence-electron chi connectivity index (χ2n) is 6.72. The van der Waals surface area contributed by atoms with Gasteiger partial charge in [-0.1, -0.05) is 12.1 Å². The fourth-order valence-electron chi connectivity index (χ4n) is 3.43. The number of amides is 2. The van der Waals surface area contributed by atoms with Gasteiger partial charge in [0.2, 0.25) is 5.78 Å². The van der Waals surface area contributed by atoms with E-state index in [1.807, 2.05) is 29.8 Å². The minimum atomic E-state index is -0.619. The molecule has 4 aromatic rings. The quantitative estimate of drug-likeness (QED) is 0.501. The number of aryl methyl sites for hydroxylation is 1. The molecule has 2 amide bonds. The number of benzene rings is 1. The highest BCUT2D eigenvalue weighted by Gasteiger charge is 2.31. The number of hydrogen-bond acceptors (Lipinski definition) is 6. The van der Waals surface area contributed by atoms with E-state index in [-0.39, 0.29) is 16.9 Å². The van der Waals surface area contributed by atoms with Crippen LogP contribution in [0.4, 0.5) is 5.82 Å². The molecule has 0 unspecified atom stereocenters. The van der Waals surface area contributed by atoms with E-state index >= 15 is 0 Å². The van der Waals surface area contributed by atoms with Crippen molar-refractivity contribution in [3.05, 3.63) is 76.0 Å². The number of nitrogens with zero attached hydrogens (tertiary/aromatic N) is 4. The predicted molar refractivity (Wildman–Crippen MR) is 105 cm³/mol. The van der Waals surface area contributed by atoms with Gasteiger partial charge in [-0.05, 0) is 25.1 Å². The molecule has 3 aromatic heterocycles. The lowest BCUT2D eigenvalue weighted by atomic mass is 10.1. The summed E-state index contributed by atoms with van der Waals surface area (Å²) >= 11 is 0. The molecule has 0 atom stereocenters. The lowest BCUT2D eigenvalue weighted by Crippen LogP contribution is -2.24. The lowest BCUT2D eigenvalue weighted by molar-refractivity contribution is 0.0880. The summed E-state index contributed by atoms with van der Waals surface area (Å²) in [6.07, 6.45) is 3.75. The van der Waals surface area contributed by atoms with Gasteiger partial charge in [-0.25, -0.2) is 9.97 Å². The summed E-state index contributed by atoms with van der Waals surface area (Å²) in [5.41, 5.74) is 8.49. The van der Waals surface area contributed by atoms with Gasteiger partial charge in [0, 0.05) is 29.7 Å². The summed E-state index contributed by atoms with van der Waals surface area (Å²) in [6.45, 7) is 1.90. The minimum Gasteiger partial charge on any atom is -0.384 e. The van der Waals surface area contributed by atoms with Gasteiger partial charge in [0.1, 0.15) is 5.82 Å². The van der Waals surface area contributed by atoms with E-state index in [1.165, 1.54) is 4.57 Å². The van der Waals surface area contributed by atoms with Crippen LogP contribution in [0.1, 0.15) is 26.4 Å². The Bertz CT molecular complexity index is 1400. The molecular formula is C20H14N6O3. The van der Waals surface area contributed by atoms with Crippen molar-refractivity contribution in [1.29, 1.82) is 0 Å². The molecule has 0 saturated heterocycles. The van der Waals surface area contributed by atoms with Crippen molar-refractivity contribution in [1.82, 2.24) is 24.3 Å². The number of rotatable bonds is 2. The predicted octanol–water partition coefficient (Wildman–Crippen LogP) is 1.32. The molecule has 142 valence electrons. The van der Waals surface area contributed by atoms with Crippen molar-refractivity contribution >= 4 is 23.4 Å². The van der Waals surface area contributed by atoms with Crippen molar-refractivity contribution in [2.45, 2.75) is 6.92 Å². The van der Waals surface area contributed by atoms with Gasteiger partial charge < -0.3 is 5.73 Å². The number of nitrogens with one attached hydrogen (secondary N) is 1. The Morgan fingerprint density at radius 3 is 2.52 bits per heavy atom. The van der Waals surface area contributed by atoms with Gasteiger partial charge >= 0.3 is 0 Å². The number of pyridine rings is 1. The van der Waals surface area contributed by atoms with Crippen LogP contribution in [0.5, 0.6) is 0 Å². The first kappa shape index (κ1) is 16.9. The van der Waals surface area contributed by atoms with Crippen LogP contribution in [0.15, 0.2) is 53.6 Å². The van der Waals surface area contributed by atoms with Crippen LogP contribution >= 0.6 is 0 Å². The van der Waals surface area contributed by atoms with Crippen LogP contribution in [0.25, 0.3) is 22.7 Å². The van der Waals surface area contributed by atoms with Gasteiger partial charge in [0.25, 0.3) is 17.4 Å². The van der Waals surface area contributed by atoms with Crippen molar-refractivity contribution in [3.8, 4) is 16.9 Å². The standard InChI is InChI=1S/C20H14N6O3/c1-10-6-7-25-9-14(23-20(25)22-10)11-2-4-12(5-3-11)26-15(27)8-13-16(17(26)21)19(29)24-18(13)28/h2-9H,21H2,1H3,(H,24,28,29). The van der Waals surface area contributed by atoms with Gasteiger partial charge in [-0.15, -0.1) is 0 Å². The SMILES string of the molecule is Cc1ccn2cc(-c3ccc(-n4c(N)c5c(cc4=O)C(=O)NC5=O)cc3)nc2n1. The van der Waals surface area contributed by atoms with Gasteiger partial charge in [-0.3, -0.25) is 28.7 Å². The van der Waals surface area contributed by atoms with Crippen molar-refractivity contribution < 1.29 is 9.59 Å². The number of imidazole rings is 1. The third-order valence-electron chi connectivity index (χ3n) is 4.84. The molecule has 3 N–H and O–H groups in total. The topological polar surface area (TPSA) is 124 Å². The zero-order valence-corrected chi connectivity index (χ0v) is 15.2. The third-order valence-corrected chi connectivity index (χ3v) is 4.84. The zero-order chi connectivity index (χ0) is 20.3. The van der Waals surface area contributed by atoms with Gasteiger partial charge in [0.15, 0.2) is 0 Å². The first-order chi connectivity index (χ1) is 13.9. The van der Waals surface area contributed by atoms with Crippen LogP contribution in [0, 0.1) is 6.92 Å². The summed E-state index contributed by atoms with van der Waals surface area (Å²) in [7, 11) is 0. The summed E-state index contributed by atoms with van der Waals surface area (Å²) in [4.78, 5) is 45.2. The van der Waals surface area contributed by atoms with Crippen molar-refractivity contribution in [2.24, 2.45) is 0 Å². The maximum atomic E-state index is 12.5. The Morgan fingerprint density at radius 1 is 1.00 bits per heavy atom. The number of anilines is 1. The first-order valence-corrected chi connectivity index (χ1v) is 8.77. The molecule has 0 spiro atoms. The van der Waals surface area contributed by atoms with E-state index in [9.17, 15) is 14.4 Å². The molecule has 1 aliphatic heterocycles. The highest BCUT2D eigenvalue weighted by molar-refractivity contribution is 6.23. The summed E-state index contributed by atoms with van der Waals surface area (Å²) < 4.78 is 3.03. The number of fused-ring (bicyclic) bond motifs is 2. The van der Waals surface area contributed by atoms with E-state index < -0.39 is 17.4 Å². The highest BCUT2D eigenvalue weighted by atomic mass is 16.2. The molecule has 0 radical (unpaired) electrons. The van der Waals surface area contributed by atoms with Gasteiger partial charge in [0.05, 0.1) is 22.5 Å². The van der Waals surface area contributed by atoms with E-state index in [4.69, 9.17) is 5.73 Å². The lowest BCUT2D eigenvalue weighted by Gasteiger charge is -2.12. The smallest absolute Gasteiger partial charge is 0.262 e. The number of carbonyl (C=O) groups is 2. The average molecular weight is 386 g/mol. The molecule has 1 aliphatic rings. The fraction of sp³-hybridized carbons (Fsp3) is 0.0500. The number of nitrogens with two attached hydrogens (primary N) is 1. The molecule has 0 aliphatic carbocycles. The van der Waals surface area contributed by atoms with E-state index in [1.54, 1.807) is 24.3 Å². The maximum Gasteiger partial charge on any atom is 0.262 e. The Labute approximate surface area is 163 Å². The molecule has 1 aromatic carbocycles. The molecule has 0 saturated carbocycles. The van der Waals surface area contributed by atoms with Crippen LogP contribution in [-0.2, 0) is 0 Å². The number of carbonyl (C=O) groups excluding carboxylic acids is 2. The molecule has 9 nitrogen and oxygen atoms in total. The average Bonchev–Trinajstić information content (AvgIpc) is 3.22. The monoisotopic (exact) mass is 386 g/mol. The Morgan fingerprint density at radius 2 is 1.76 bits per heavy atom. The summed E-state index contributed by atoms with van der Waals surface area (Å²) in [5.74, 6) is -0.706. The maximum absolute atomic E-state index is 12.5. The Balaban J connectivity index is 1.59. The number of nitrogen functional groups attached to an aromatic ring is 1. The molecule has 0 bridgehead atoms. The second kappa shape index (κ2) is 5.86. The summed E-state index contributed by atoms with van der Waals surface area (Å²) in [5, 5.41) is 2.15. The van der Waals surface area contributed by atoms with Crippen molar-refractivity contribution in [3.63, 3.8) is 0 Å². The first-order valence-electron chi connectivity index (χ1n) is 8.77. The molecule has 5 rings (SSSR count). The molecule has 4 heterocycles. The summed E-state index contributed by atoms with van der Waals surface area (Å²) in [6, 6.07) is 10.0. The fourth-order valence-corrected chi connectivity index (χ4v) is 3.43. The van der Waals surface area contributed by atoms with E-state index in [0.29, 0.717) is 11.5 Å². The molecule has 29 heavy (non-hydrogen) atoms. The van der Waals surface area contributed by atoms with Crippen LogP contribution in [0.2, 0.25) is 0 Å². The van der Waals surface area contributed by atoms with E-state index in [0.717, 1.165) is 23.0 Å². The second-order valence-corrected chi connectivity index (χ2v) is 6.72. The zero-order valence-electron chi connectivity index (χ0n) is 15.2.